The van der Waals surface area contributed by atoms with Gasteiger partial charge < -0.3 is 5.11 Å². The van der Waals surface area contributed by atoms with Crippen LogP contribution in [0.1, 0.15) is 31.2 Å². The predicted molar refractivity (Wildman–Crippen MR) is 68.6 cm³/mol. The average molecular weight is 231 g/mol. The summed E-state index contributed by atoms with van der Waals surface area (Å²) in [6.45, 7) is 2.14. The molecule has 2 unspecified atom stereocenters. The normalized spacial score (nSPS) is 27.2. The maximum absolute atomic E-state index is 10.3. The standard InChI is InChI=1S/C15H21NO/c17-15(13-8-9-13)14-7-4-10-16(14)11-12-5-2-1-3-6-12/h1-3,5-6,13-15,17H,4,7-11H2. The molecule has 3 rings (SSSR count). The van der Waals surface area contributed by atoms with Gasteiger partial charge in [-0.3, -0.25) is 4.90 Å². The highest BCUT2D eigenvalue weighted by molar-refractivity contribution is 5.15. The third kappa shape index (κ3) is 2.53. The van der Waals surface area contributed by atoms with Crippen molar-refractivity contribution in [3.05, 3.63) is 35.9 Å². The third-order valence-corrected chi connectivity index (χ3v) is 4.14. The number of aliphatic hydroxyl groups excluding tert-OH is 1. The lowest BCUT2D eigenvalue weighted by Gasteiger charge is -2.28. The minimum absolute atomic E-state index is 0.0822. The van der Waals surface area contributed by atoms with Crippen LogP contribution >= 0.6 is 0 Å². The van der Waals surface area contributed by atoms with Crippen molar-refractivity contribution in [2.24, 2.45) is 5.92 Å². The van der Waals surface area contributed by atoms with Gasteiger partial charge in [0.15, 0.2) is 0 Å². The van der Waals surface area contributed by atoms with E-state index >= 15 is 0 Å². The Kier molecular flexibility index (Phi) is 3.17. The van der Waals surface area contributed by atoms with E-state index in [4.69, 9.17) is 0 Å². The van der Waals surface area contributed by atoms with Crippen LogP contribution in [0.5, 0.6) is 0 Å². The number of aliphatic hydroxyl groups is 1. The molecular weight excluding hydrogens is 210 g/mol. The van der Waals surface area contributed by atoms with Gasteiger partial charge >= 0.3 is 0 Å². The van der Waals surface area contributed by atoms with Crippen molar-refractivity contribution in [2.75, 3.05) is 6.54 Å². The molecule has 2 fully saturated rings. The molecule has 1 heterocycles. The molecule has 1 aromatic carbocycles. The zero-order valence-corrected chi connectivity index (χ0v) is 10.3. The summed E-state index contributed by atoms with van der Waals surface area (Å²) in [4.78, 5) is 2.47. The van der Waals surface area contributed by atoms with Gasteiger partial charge in [-0.1, -0.05) is 30.3 Å². The first-order valence-electron chi connectivity index (χ1n) is 6.80. The lowest BCUT2D eigenvalue weighted by Crippen LogP contribution is -2.39. The average Bonchev–Trinajstić information content (AvgIpc) is 3.11. The summed E-state index contributed by atoms with van der Waals surface area (Å²) in [5.41, 5.74) is 1.36. The molecule has 1 N–H and O–H groups in total. The van der Waals surface area contributed by atoms with E-state index in [-0.39, 0.29) is 6.10 Å². The molecule has 2 nitrogen and oxygen atoms in total. The predicted octanol–water partition coefficient (Wildman–Crippen LogP) is 2.42. The van der Waals surface area contributed by atoms with Crippen LogP contribution in [-0.2, 0) is 6.54 Å². The van der Waals surface area contributed by atoms with E-state index in [1.54, 1.807) is 0 Å². The van der Waals surface area contributed by atoms with Crippen molar-refractivity contribution in [1.29, 1.82) is 0 Å². The van der Waals surface area contributed by atoms with Gasteiger partial charge in [-0.2, -0.15) is 0 Å². The fourth-order valence-electron chi connectivity index (χ4n) is 3.00. The Morgan fingerprint density at radius 1 is 1.18 bits per heavy atom. The van der Waals surface area contributed by atoms with Crippen LogP contribution in [0, 0.1) is 5.92 Å². The number of likely N-dealkylation sites (tertiary alicyclic amines) is 1. The highest BCUT2D eigenvalue weighted by Crippen LogP contribution is 2.38. The summed E-state index contributed by atoms with van der Waals surface area (Å²) in [5.74, 6) is 0.594. The van der Waals surface area contributed by atoms with Crippen LogP contribution in [0.4, 0.5) is 0 Å². The summed E-state index contributed by atoms with van der Waals surface area (Å²) in [6.07, 6.45) is 4.79. The molecule has 1 aromatic rings. The fraction of sp³-hybridized carbons (Fsp3) is 0.600. The van der Waals surface area contributed by atoms with Gasteiger partial charge in [-0.05, 0) is 43.7 Å². The first-order chi connectivity index (χ1) is 8.34. The van der Waals surface area contributed by atoms with Gasteiger partial charge in [0.25, 0.3) is 0 Å². The van der Waals surface area contributed by atoms with Gasteiger partial charge in [0.2, 0.25) is 0 Å². The second kappa shape index (κ2) is 4.79. The van der Waals surface area contributed by atoms with Crippen LogP contribution in [0.2, 0.25) is 0 Å². The highest BCUT2D eigenvalue weighted by atomic mass is 16.3. The number of nitrogens with zero attached hydrogens (tertiary/aromatic N) is 1. The number of hydrogen-bond donors (Lipinski definition) is 1. The molecule has 0 spiro atoms. The second-order valence-electron chi connectivity index (χ2n) is 5.49. The number of benzene rings is 1. The van der Waals surface area contributed by atoms with E-state index in [1.807, 2.05) is 0 Å². The molecule has 0 bridgehead atoms. The van der Waals surface area contributed by atoms with E-state index in [9.17, 15) is 5.11 Å². The summed E-state index contributed by atoms with van der Waals surface area (Å²) in [7, 11) is 0. The summed E-state index contributed by atoms with van der Waals surface area (Å²) in [6, 6.07) is 11.0. The van der Waals surface area contributed by atoms with Crippen molar-refractivity contribution in [3.8, 4) is 0 Å². The first-order valence-corrected chi connectivity index (χ1v) is 6.80. The summed E-state index contributed by atoms with van der Waals surface area (Å²) in [5, 5.41) is 10.3. The van der Waals surface area contributed by atoms with Crippen molar-refractivity contribution in [3.63, 3.8) is 0 Å². The molecule has 0 aromatic heterocycles. The Bertz CT molecular complexity index is 360. The zero-order valence-electron chi connectivity index (χ0n) is 10.3. The summed E-state index contributed by atoms with van der Waals surface area (Å²) >= 11 is 0. The Labute approximate surface area is 103 Å². The first kappa shape index (κ1) is 11.2. The van der Waals surface area contributed by atoms with Crippen molar-refractivity contribution >= 4 is 0 Å². The summed E-state index contributed by atoms with van der Waals surface area (Å²) < 4.78 is 0. The van der Waals surface area contributed by atoms with E-state index < -0.39 is 0 Å². The van der Waals surface area contributed by atoms with Gasteiger partial charge in [0, 0.05) is 12.6 Å². The monoisotopic (exact) mass is 231 g/mol. The molecule has 92 valence electrons. The fourth-order valence-corrected chi connectivity index (χ4v) is 3.00. The molecule has 1 saturated carbocycles. The van der Waals surface area contributed by atoms with Crippen LogP contribution in [-0.4, -0.2) is 28.7 Å². The molecule has 1 aliphatic heterocycles. The molecule has 2 atom stereocenters. The Morgan fingerprint density at radius 3 is 2.65 bits per heavy atom. The lowest BCUT2D eigenvalue weighted by molar-refractivity contribution is 0.0532. The quantitative estimate of drug-likeness (QED) is 0.860. The molecule has 17 heavy (non-hydrogen) atoms. The van der Waals surface area contributed by atoms with E-state index in [1.165, 1.54) is 31.2 Å². The third-order valence-electron chi connectivity index (χ3n) is 4.14. The molecule has 1 aliphatic carbocycles. The van der Waals surface area contributed by atoms with Crippen LogP contribution in [0.15, 0.2) is 30.3 Å². The van der Waals surface area contributed by atoms with Crippen LogP contribution in [0.3, 0.4) is 0 Å². The molecular formula is C15H21NO. The lowest BCUT2D eigenvalue weighted by atomic mass is 10.0. The molecule has 0 radical (unpaired) electrons. The largest absolute Gasteiger partial charge is 0.391 e. The number of rotatable bonds is 4. The minimum Gasteiger partial charge on any atom is -0.391 e. The molecule has 2 heteroatoms. The van der Waals surface area contributed by atoms with Gasteiger partial charge in [-0.25, -0.2) is 0 Å². The van der Waals surface area contributed by atoms with E-state index in [0.29, 0.717) is 12.0 Å². The van der Waals surface area contributed by atoms with Crippen molar-refractivity contribution in [1.82, 2.24) is 4.90 Å². The topological polar surface area (TPSA) is 23.5 Å². The Morgan fingerprint density at radius 2 is 1.94 bits per heavy atom. The SMILES string of the molecule is OC(C1CC1)C1CCCN1Cc1ccccc1. The zero-order chi connectivity index (χ0) is 11.7. The van der Waals surface area contributed by atoms with Crippen LogP contribution < -0.4 is 0 Å². The van der Waals surface area contributed by atoms with Gasteiger partial charge in [0.05, 0.1) is 6.10 Å². The maximum atomic E-state index is 10.3. The van der Waals surface area contributed by atoms with Crippen LogP contribution in [0.25, 0.3) is 0 Å². The Hall–Kier alpha value is -0.860. The maximum Gasteiger partial charge on any atom is 0.0723 e. The van der Waals surface area contributed by atoms with E-state index in [0.717, 1.165) is 13.1 Å². The van der Waals surface area contributed by atoms with Crippen molar-refractivity contribution in [2.45, 2.75) is 44.4 Å². The van der Waals surface area contributed by atoms with Crippen molar-refractivity contribution < 1.29 is 5.11 Å². The second-order valence-corrected chi connectivity index (χ2v) is 5.49. The smallest absolute Gasteiger partial charge is 0.0723 e. The minimum atomic E-state index is -0.0822. The Balaban J connectivity index is 1.65. The van der Waals surface area contributed by atoms with Gasteiger partial charge in [-0.15, -0.1) is 0 Å². The highest BCUT2D eigenvalue weighted by Gasteiger charge is 2.39. The van der Waals surface area contributed by atoms with Gasteiger partial charge in [0.1, 0.15) is 0 Å². The number of hydrogen-bond acceptors (Lipinski definition) is 2. The van der Waals surface area contributed by atoms with E-state index in [2.05, 4.69) is 35.2 Å². The molecule has 1 saturated heterocycles. The molecule has 2 aliphatic rings. The molecule has 0 amide bonds.